The van der Waals surface area contributed by atoms with Crippen LogP contribution in [0, 0.1) is 0 Å². The van der Waals surface area contributed by atoms with Crippen LogP contribution in [0.4, 0.5) is 0 Å². The van der Waals surface area contributed by atoms with Crippen LogP contribution in [-0.4, -0.2) is 37.8 Å². The second kappa shape index (κ2) is 9.12. The van der Waals surface area contributed by atoms with Crippen LogP contribution in [0.5, 0.6) is 0 Å². The van der Waals surface area contributed by atoms with Crippen LogP contribution in [0.15, 0.2) is 103 Å². The van der Waals surface area contributed by atoms with E-state index in [-0.39, 0.29) is 0 Å². The van der Waals surface area contributed by atoms with Crippen molar-refractivity contribution in [2.75, 3.05) is 0 Å². The normalized spacial score (nSPS) is 16.1. The van der Waals surface area contributed by atoms with Crippen LogP contribution in [0.3, 0.4) is 0 Å². The van der Waals surface area contributed by atoms with E-state index in [2.05, 4.69) is 80.8 Å². The lowest BCUT2D eigenvalue weighted by molar-refractivity contribution is 0.00578. The van der Waals surface area contributed by atoms with Gasteiger partial charge in [-0.1, -0.05) is 72.8 Å². The van der Waals surface area contributed by atoms with Crippen LogP contribution in [-0.2, 0) is 9.31 Å². The minimum absolute atomic E-state index is 0.396. The first-order valence-corrected chi connectivity index (χ1v) is 13.6. The number of rotatable bonds is 4. The Hall–Kier alpha value is -4.33. The van der Waals surface area contributed by atoms with Gasteiger partial charge in [-0.15, -0.1) is 0 Å². The molecule has 1 aliphatic heterocycles. The first-order valence-electron chi connectivity index (χ1n) is 13.6. The van der Waals surface area contributed by atoms with Crippen molar-refractivity contribution in [1.82, 2.24) is 19.5 Å². The molecule has 7 heteroatoms. The van der Waals surface area contributed by atoms with Crippen LogP contribution in [0.2, 0.25) is 0 Å². The number of benzene rings is 3. The molecule has 1 saturated heterocycles. The van der Waals surface area contributed by atoms with E-state index in [9.17, 15) is 0 Å². The molecule has 0 bridgehead atoms. The maximum Gasteiger partial charge on any atom is 0.494 e. The third kappa shape index (κ3) is 3.93. The number of pyridine rings is 2. The standard InChI is InChI=1S/C33H29BN4O2/c1-32(2)33(3,4)40-34(39-32)24-19-17-23(18-20-24)31-37-29-28-26(16-11-21-35-28)36-27(22-12-7-5-8-13-22)30(29)38(31)25-14-9-6-10-15-25/h5-21H,1-4H3. The molecule has 0 atom stereocenters. The van der Waals surface area contributed by atoms with Gasteiger partial charge < -0.3 is 9.31 Å². The first kappa shape index (κ1) is 24.7. The summed E-state index contributed by atoms with van der Waals surface area (Å²) < 4.78 is 14.8. The van der Waals surface area contributed by atoms with Crippen LogP contribution >= 0.6 is 0 Å². The molecular formula is C33H29BN4O2. The smallest absolute Gasteiger partial charge is 0.399 e. The van der Waals surface area contributed by atoms with E-state index in [4.69, 9.17) is 24.3 Å². The highest BCUT2D eigenvalue weighted by Gasteiger charge is 2.51. The Bertz CT molecular complexity index is 1830. The van der Waals surface area contributed by atoms with E-state index >= 15 is 0 Å². The predicted octanol–water partition coefficient (Wildman–Crippen LogP) is 6.60. The van der Waals surface area contributed by atoms with Crippen LogP contribution in [0.1, 0.15) is 27.7 Å². The molecule has 6 nitrogen and oxygen atoms in total. The van der Waals surface area contributed by atoms with Crippen LogP contribution < -0.4 is 5.46 Å². The molecule has 0 saturated carbocycles. The summed E-state index contributed by atoms with van der Waals surface area (Å²) in [5.41, 5.74) is 7.39. The van der Waals surface area contributed by atoms with Gasteiger partial charge in [-0.2, -0.15) is 0 Å². The molecular weight excluding hydrogens is 495 g/mol. The molecule has 3 aromatic heterocycles. The molecule has 4 heterocycles. The lowest BCUT2D eigenvalue weighted by Gasteiger charge is -2.32. The zero-order valence-electron chi connectivity index (χ0n) is 23.0. The third-order valence-corrected chi connectivity index (χ3v) is 8.10. The average Bonchev–Trinajstić information content (AvgIpc) is 3.48. The fourth-order valence-electron chi connectivity index (χ4n) is 5.23. The summed E-state index contributed by atoms with van der Waals surface area (Å²) in [7, 11) is -0.422. The molecule has 0 N–H and O–H groups in total. The molecule has 40 heavy (non-hydrogen) atoms. The molecule has 0 amide bonds. The number of hydrogen-bond donors (Lipinski definition) is 0. The van der Waals surface area contributed by atoms with Gasteiger partial charge in [-0.25, -0.2) is 9.97 Å². The molecule has 1 fully saturated rings. The SMILES string of the molecule is CC1(C)OB(c2ccc(-c3nc4c5ncccc5nc(-c5ccccc5)c4n3-c3ccccc3)cc2)OC1(C)C. The van der Waals surface area contributed by atoms with E-state index in [0.717, 1.165) is 55.9 Å². The Kier molecular flexibility index (Phi) is 5.63. The molecule has 3 aromatic carbocycles. The lowest BCUT2D eigenvalue weighted by atomic mass is 9.79. The highest BCUT2D eigenvalue weighted by molar-refractivity contribution is 6.62. The Morgan fingerprint density at radius 2 is 1.30 bits per heavy atom. The van der Waals surface area contributed by atoms with Crippen LogP contribution in [0.25, 0.3) is 50.4 Å². The van der Waals surface area contributed by atoms with Crippen molar-refractivity contribution in [3.05, 3.63) is 103 Å². The van der Waals surface area contributed by atoms with E-state index in [1.54, 1.807) is 6.20 Å². The number of para-hydroxylation sites is 1. The summed E-state index contributed by atoms with van der Waals surface area (Å²) >= 11 is 0. The Morgan fingerprint density at radius 1 is 0.650 bits per heavy atom. The Labute approximate surface area is 233 Å². The summed E-state index contributed by atoms with van der Waals surface area (Å²) in [6, 6.07) is 32.8. The van der Waals surface area contributed by atoms with E-state index in [1.165, 1.54) is 0 Å². The second-order valence-corrected chi connectivity index (χ2v) is 11.2. The van der Waals surface area contributed by atoms with Gasteiger partial charge in [0.15, 0.2) is 0 Å². The zero-order chi connectivity index (χ0) is 27.5. The highest BCUT2D eigenvalue weighted by atomic mass is 16.7. The maximum absolute atomic E-state index is 6.29. The minimum Gasteiger partial charge on any atom is -0.399 e. The molecule has 1 aliphatic rings. The molecule has 0 unspecified atom stereocenters. The van der Waals surface area contributed by atoms with Gasteiger partial charge >= 0.3 is 7.12 Å². The topological polar surface area (TPSA) is 62.1 Å². The lowest BCUT2D eigenvalue weighted by Crippen LogP contribution is -2.41. The van der Waals surface area contributed by atoms with Crippen molar-refractivity contribution in [2.45, 2.75) is 38.9 Å². The monoisotopic (exact) mass is 524 g/mol. The zero-order valence-corrected chi connectivity index (χ0v) is 23.0. The van der Waals surface area contributed by atoms with E-state index < -0.39 is 18.3 Å². The molecule has 0 spiro atoms. The van der Waals surface area contributed by atoms with E-state index in [0.29, 0.717) is 0 Å². The summed E-state index contributed by atoms with van der Waals surface area (Å²) in [4.78, 5) is 15.1. The fourth-order valence-corrected chi connectivity index (χ4v) is 5.23. The number of nitrogens with zero attached hydrogens (tertiary/aromatic N) is 4. The number of aromatic nitrogens is 4. The van der Waals surface area contributed by atoms with Crippen molar-refractivity contribution >= 4 is 34.6 Å². The van der Waals surface area contributed by atoms with E-state index in [1.807, 2.05) is 48.5 Å². The van der Waals surface area contributed by atoms with Gasteiger partial charge in [-0.3, -0.25) is 9.55 Å². The largest absolute Gasteiger partial charge is 0.494 e. The molecule has 6 aromatic rings. The van der Waals surface area contributed by atoms with Gasteiger partial charge in [0.05, 0.1) is 22.4 Å². The average molecular weight is 524 g/mol. The minimum atomic E-state index is -0.422. The molecule has 196 valence electrons. The van der Waals surface area contributed by atoms with Gasteiger partial charge in [-0.05, 0) is 57.4 Å². The first-order chi connectivity index (χ1) is 19.3. The Balaban J connectivity index is 1.46. The summed E-state index contributed by atoms with van der Waals surface area (Å²) in [5, 5.41) is 0. The Morgan fingerprint density at radius 3 is 1.98 bits per heavy atom. The number of fused-ring (bicyclic) bond motifs is 3. The molecule has 0 radical (unpaired) electrons. The van der Waals surface area contributed by atoms with Gasteiger partial charge in [0.1, 0.15) is 22.4 Å². The van der Waals surface area contributed by atoms with Crippen molar-refractivity contribution < 1.29 is 9.31 Å². The van der Waals surface area contributed by atoms with Crippen molar-refractivity contribution in [2.24, 2.45) is 0 Å². The number of hydrogen-bond acceptors (Lipinski definition) is 5. The van der Waals surface area contributed by atoms with Crippen molar-refractivity contribution in [1.29, 1.82) is 0 Å². The summed E-state index contributed by atoms with van der Waals surface area (Å²) in [6.07, 6.45) is 1.80. The van der Waals surface area contributed by atoms with Gasteiger partial charge in [0, 0.05) is 23.0 Å². The highest BCUT2D eigenvalue weighted by Crippen LogP contribution is 2.38. The summed E-state index contributed by atoms with van der Waals surface area (Å²) in [5.74, 6) is 0.818. The van der Waals surface area contributed by atoms with Crippen molar-refractivity contribution in [3.63, 3.8) is 0 Å². The van der Waals surface area contributed by atoms with Gasteiger partial charge in [0.2, 0.25) is 0 Å². The molecule has 0 aliphatic carbocycles. The van der Waals surface area contributed by atoms with Gasteiger partial charge in [0.25, 0.3) is 0 Å². The fraction of sp³-hybridized carbons (Fsp3) is 0.182. The maximum atomic E-state index is 6.29. The third-order valence-electron chi connectivity index (χ3n) is 8.10. The number of imidazole rings is 1. The predicted molar refractivity (Wildman–Crippen MR) is 161 cm³/mol. The quantitative estimate of drug-likeness (QED) is 0.243. The summed E-state index contributed by atoms with van der Waals surface area (Å²) in [6.45, 7) is 8.28. The van der Waals surface area contributed by atoms with Crippen molar-refractivity contribution in [3.8, 4) is 28.3 Å². The molecule has 7 rings (SSSR count). The second-order valence-electron chi connectivity index (χ2n) is 11.2.